The van der Waals surface area contributed by atoms with E-state index >= 15 is 0 Å². The van der Waals surface area contributed by atoms with E-state index in [0.29, 0.717) is 16.7 Å². The van der Waals surface area contributed by atoms with Crippen molar-refractivity contribution in [2.24, 2.45) is 0 Å². The van der Waals surface area contributed by atoms with Crippen molar-refractivity contribution in [1.82, 2.24) is 14.8 Å². The lowest BCUT2D eigenvalue weighted by Gasteiger charge is -2.17. The third-order valence-corrected chi connectivity index (χ3v) is 6.23. The van der Waals surface area contributed by atoms with Crippen LogP contribution in [0.3, 0.4) is 0 Å². The largest absolute Gasteiger partial charge is 0.480 e. The van der Waals surface area contributed by atoms with Gasteiger partial charge in [0.1, 0.15) is 0 Å². The standard InChI is InChI=1S/C25H19ClF4N4O2S/c1-15(36-21-10-6-5-9-19(21)27)23-32-33-24(34(23)17-7-3-2-4-8-17)37-14-22(35)31-20-12-11-16(26)13-18(20)25(28,29)30/h2-13,15H,14H2,1H3,(H,31,35). The Labute approximate surface area is 218 Å². The van der Waals surface area contributed by atoms with Crippen molar-refractivity contribution in [3.05, 3.63) is 95.0 Å². The second-order valence-corrected chi connectivity index (χ2v) is 9.11. The minimum Gasteiger partial charge on any atom is -0.480 e. The van der Waals surface area contributed by atoms with Crippen LogP contribution in [-0.2, 0) is 11.0 Å². The summed E-state index contributed by atoms with van der Waals surface area (Å²) in [5, 5.41) is 10.8. The Kier molecular flexibility index (Phi) is 8.03. The van der Waals surface area contributed by atoms with E-state index in [2.05, 4.69) is 15.5 Å². The van der Waals surface area contributed by atoms with Crippen molar-refractivity contribution in [3.8, 4) is 11.4 Å². The van der Waals surface area contributed by atoms with E-state index in [1.54, 1.807) is 47.9 Å². The Morgan fingerprint density at radius 3 is 2.49 bits per heavy atom. The van der Waals surface area contributed by atoms with Crippen molar-refractivity contribution in [1.29, 1.82) is 0 Å². The molecule has 0 spiro atoms. The summed E-state index contributed by atoms with van der Waals surface area (Å²) >= 11 is 6.67. The maximum atomic E-state index is 14.1. The van der Waals surface area contributed by atoms with Crippen molar-refractivity contribution in [2.75, 3.05) is 11.1 Å². The van der Waals surface area contributed by atoms with Gasteiger partial charge in [-0.15, -0.1) is 10.2 Å². The summed E-state index contributed by atoms with van der Waals surface area (Å²) < 4.78 is 61.6. The number of thioether (sulfide) groups is 1. The van der Waals surface area contributed by atoms with E-state index in [1.807, 2.05) is 6.07 Å². The second kappa shape index (κ2) is 11.2. The van der Waals surface area contributed by atoms with Crippen LogP contribution in [0.4, 0.5) is 23.2 Å². The number of hydrogen-bond acceptors (Lipinski definition) is 5. The zero-order valence-corrected chi connectivity index (χ0v) is 20.7. The Morgan fingerprint density at radius 2 is 1.78 bits per heavy atom. The molecule has 1 unspecified atom stereocenters. The van der Waals surface area contributed by atoms with Crippen LogP contribution in [0.25, 0.3) is 5.69 Å². The number of nitrogens with one attached hydrogen (secondary N) is 1. The predicted molar refractivity (Wildman–Crippen MR) is 133 cm³/mol. The molecule has 1 heterocycles. The van der Waals surface area contributed by atoms with Gasteiger partial charge in [0.25, 0.3) is 0 Å². The van der Waals surface area contributed by atoms with Crippen molar-refractivity contribution < 1.29 is 27.1 Å². The molecule has 0 radical (unpaired) electrons. The molecule has 0 aliphatic rings. The number of para-hydroxylation sites is 2. The van der Waals surface area contributed by atoms with Crippen molar-refractivity contribution in [3.63, 3.8) is 0 Å². The van der Waals surface area contributed by atoms with Crippen LogP contribution in [0.15, 0.2) is 78.0 Å². The molecule has 12 heteroatoms. The minimum atomic E-state index is -4.70. The van der Waals surface area contributed by atoms with Crippen LogP contribution in [-0.4, -0.2) is 26.4 Å². The number of amides is 1. The molecule has 4 rings (SSSR count). The zero-order chi connectivity index (χ0) is 26.6. The second-order valence-electron chi connectivity index (χ2n) is 7.73. The summed E-state index contributed by atoms with van der Waals surface area (Å²) in [5.41, 5.74) is -0.793. The molecule has 6 nitrogen and oxygen atoms in total. The molecular weight excluding hydrogens is 532 g/mol. The molecule has 0 saturated heterocycles. The molecule has 0 bridgehead atoms. The lowest BCUT2D eigenvalue weighted by molar-refractivity contribution is -0.137. The number of rotatable bonds is 8. The highest BCUT2D eigenvalue weighted by Crippen LogP contribution is 2.37. The predicted octanol–water partition coefficient (Wildman–Crippen LogP) is 6.95. The van der Waals surface area contributed by atoms with E-state index in [4.69, 9.17) is 16.3 Å². The number of anilines is 1. The molecule has 1 atom stereocenters. The monoisotopic (exact) mass is 550 g/mol. The lowest BCUT2D eigenvalue weighted by Crippen LogP contribution is -2.18. The van der Waals surface area contributed by atoms with Crippen LogP contribution in [0.5, 0.6) is 5.75 Å². The number of carbonyl (C=O) groups is 1. The van der Waals surface area contributed by atoms with Gasteiger partial charge in [0.15, 0.2) is 28.7 Å². The molecule has 0 saturated carbocycles. The van der Waals surface area contributed by atoms with Gasteiger partial charge >= 0.3 is 6.18 Å². The SMILES string of the molecule is CC(Oc1ccccc1F)c1nnc(SCC(=O)Nc2ccc(Cl)cc2C(F)(F)F)n1-c1ccccc1. The first-order chi connectivity index (χ1) is 17.6. The van der Waals surface area contributed by atoms with Gasteiger partial charge in [0.2, 0.25) is 5.91 Å². The maximum Gasteiger partial charge on any atom is 0.418 e. The van der Waals surface area contributed by atoms with Gasteiger partial charge in [-0.3, -0.25) is 9.36 Å². The average Bonchev–Trinajstić information content (AvgIpc) is 3.29. The Balaban J connectivity index is 1.56. The van der Waals surface area contributed by atoms with E-state index in [9.17, 15) is 22.4 Å². The van der Waals surface area contributed by atoms with E-state index in [0.717, 1.165) is 23.9 Å². The normalized spacial score (nSPS) is 12.3. The molecular formula is C25H19ClF4N4O2S. The van der Waals surface area contributed by atoms with Gasteiger partial charge in [-0.05, 0) is 49.4 Å². The fourth-order valence-corrected chi connectivity index (χ4v) is 4.35. The summed E-state index contributed by atoms with van der Waals surface area (Å²) in [5.74, 6) is -1.10. The molecule has 1 amide bonds. The highest BCUT2D eigenvalue weighted by molar-refractivity contribution is 7.99. The van der Waals surface area contributed by atoms with E-state index < -0.39 is 35.3 Å². The molecule has 192 valence electrons. The lowest BCUT2D eigenvalue weighted by atomic mass is 10.1. The fraction of sp³-hybridized carbons (Fsp3) is 0.160. The third-order valence-electron chi connectivity index (χ3n) is 5.07. The number of halogens is 5. The Hall–Kier alpha value is -3.57. The number of hydrogen-bond donors (Lipinski definition) is 1. The van der Waals surface area contributed by atoms with Gasteiger partial charge in [-0.2, -0.15) is 13.2 Å². The van der Waals surface area contributed by atoms with Crippen LogP contribution < -0.4 is 10.1 Å². The van der Waals surface area contributed by atoms with E-state index in [1.165, 1.54) is 18.2 Å². The average molecular weight is 551 g/mol. The van der Waals surface area contributed by atoms with Crippen LogP contribution in [0.2, 0.25) is 5.02 Å². The molecule has 0 aliphatic heterocycles. The number of aromatic nitrogens is 3. The number of carbonyl (C=O) groups excluding carboxylic acids is 1. The van der Waals surface area contributed by atoms with E-state index in [-0.39, 0.29) is 16.5 Å². The number of alkyl halides is 3. The number of benzene rings is 3. The highest BCUT2D eigenvalue weighted by Gasteiger charge is 2.34. The summed E-state index contributed by atoms with van der Waals surface area (Å²) in [6, 6.07) is 18.0. The number of nitrogens with zero attached hydrogens (tertiary/aromatic N) is 3. The van der Waals surface area contributed by atoms with Crippen LogP contribution in [0, 0.1) is 5.82 Å². The first-order valence-corrected chi connectivity index (χ1v) is 12.2. The number of ether oxygens (including phenoxy) is 1. The summed E-state index contributed by atoms with van der Waals surface area (Å²) in [7, 11) is 0. The minimum absolute atomic E-state index is 0.0367. The van der Waals surface area contributed by atoms with Crippen molar-refractivity contribution >= 4 is 35.0 Å². The summed E-state index contributed by atoms with van der Waals surface area (Å²) in [6.45, 7) is 1.68. The molecule has 37 heavy (non-hydrogen) atoms. The van der Waals surface area contributed by atoms with Gasteiger partial charge in [0.05, 0.1) is 17.0 Å². The highest BCUT2D eigenvalue weighted by atomic mass is 35.5. The van der Waals surface area contributed by atoms with Crippen LogP contribution >= 0.6 is 23.4 Å². The van der Waals surface area contributed by atoms with Gasteiger partial charge in [0, 0.05) is 10.7 Å². The molecule has 1 N–H and O–H groups in total. The topological polar surface area (TPSA) is 69.0 Å². The van der Waals surface area contributed by atoms with Crippen LogP contribution in [0.1, 0.15) is 24.4 Å². The Morgan fingerprint density at radius 1 is 1.08 bits per heavy atom. The Bertz CT molecular complexity index is 1400. The molecule has 4 aromatic rings. The first-order valence-electron chi connectivity index (χ1n) is 10.8. The first kappa shape index (κ1) is 26.5. The van der Waals surface area contributed by atoms with Gasteiger partial charge in [-0.25, -0.2) is 4.39 Å². The molecule has 0 fully saturated rings. The molecule has 3 aromatic carbocycles. The summed E-state index contributed by atoms with van der Waals surface area (Å²) in [4.78, 5) is 12.6. The smallest absolute Gasteiger partial charge is 0.418 e. The van der Waals surface area contributed by atoms with Gasteiger partial charge < -0.3 is 10.1 Å². The molecule has 1 aromatic heterocycles. The quantitative estimate of drug-likeness (QED) is 0.190. The maximum absolute atomic E-state index is 14.1. The zero-order valence-electron chi connectivity index (χ0n) is 19.2. The fourth-order valence-electron chi connectivity index (χ4n) is 3.42. The molecule has 0 aliphatic carbocycles. The third kappa shape index (κ3) is 6.41. The van der Waals surface area contributed by atoms with Gasteiger partial charge in [-0.1, -0.05) is 53.7 Å². The van der Waals surface area contributed by atoms with Crippen molar-refractivity contribution in [2.45, 2.75) is 24.4 Å². The summed E-state index contributed by atoms with van der Waals surface area (Å²) in [6.07, 6.45) is -5.42.